The summed E-state index contributed by atoms with van der Waals surface area (Å²) in [7, 11) is 1.52. The second-order valence-electron chi connectivity index (χ2n) is 10.3. The van der Waals surface area contributed by atoms with E-state index in [1.807, 2.05) is 12.2 Å². The molecule has 2 aromatic heterocycles. The Morgan fingerprint density at radius 1 is 1.02 bits per heavy atom. The molecular weight excluding hydrogens is 536 g/mol. The van der Waals surface area contributed by atoms with Gasteiger partial charge in [0.1, 0.15) is 30.7 Å². The minimum absolute atomic E-state index is 0.152. The summed E-state index contributed by atoms with van der Waals surface area (Å²) in [5.74, 6) is 11.5. The smallest absolute Gasteiger partial charge is 0.336 e. The van der Waals surface area contributed by atoms with Crippen LogP contribution in [0.1, 0.15) is 59.3 Å². The van der Waals surface area contributed by atoms with Gasteiger partial charge in [-0.15, -0.1) is 0 Å². The zero-order valence-electron chi connectivity index (χ0n) is 24.8. The topological polar surface area (TPSA) is 112 Å². The molecule has 0 fully saturated rings. The molecule has 0 saturated heterocycles. The number of furan rings is 1. The van der Waals surface area contributed by atoms with Crippen LogP contribution in [0, 0.1) is 23.7 Å². The molecule has 0 bridgehead atoms. The van der Waals surface area contributed by atoms with Crippen LogP contribution in [0.4, 0.5) is 0 Å². The van der Waals surface area contributed by atoms with Crippen molar-refractivity contribution >= 4 is 21.9 Å². The lowest BCUT2D eigenvalue weighted by molar-refractivity contribution is -0.119. The van der Waals surface area contributed by atoms with Gasteiger partial charge in [0.2, 0.25) is 5.75 Å². The maximum atomic E-state index is 12.1. The van der Waals surface area contributed by atoms with Crippen LogP contribution in [-0.2, 0) is 4.74 Å². The molecule has 0 aliphatic heterocycles. The Balaban J connectivity index is 1.78. The number of methoxy groups -OCH3 is 1. The Morgan fingerprint density at radius 3 is 2.50 bits per heavy atom. The van der Waals surface area contributed by atoms with E-state index in [0.717, 1.165) is 19.3 Å². The second-order valence-corrected chi connectivity index (χ2v) is 10.3. The van der Waals surface area contributed by atoms with Gasteiger partial charge >= 0.3 is 5.63 Å². The Labute approximate surface area is 246 Å². The number of allylic oxidation sites excluding steroid dienone is 1. The first kappa shape index (κ1) is 32.6. The highest BCUT2D eigenvalue weighted by molar-refractivity contribution is 6.06. The molecule has 3 unspecified atom stereocenters. The van der Waals surface area contributed by atoms with Crippen LogP contribution < -0.4 is 15.1 Å². The highest BCUT2D eigenvalue weighted by atomic mass is 16.5. The first-order valence-electron chi connectivity index (χ1n) is 14.2. The van der Waals surface area contributed by atoms with Gasteiger partial charge in [-0.2, -0.15) is 0 Å². The van der Waals surface area contributed by atoms with Gasteiger partial charge < -0.3 is 33.3 Å². The van der Waals surface area contributed by atoms with E-state index < -0.39 is 29.5 Å². The molecule has 3 rings (SSSR count). The van der Waals surface area contributed by atoms with Crippen molar-refractivity contribution in [1.82, 2.24) is 0 Å². The molecule has 8 nitrogen and oxygen atoms in total. The number of aliphatic hydroxyl groups is 2. The van der Waals surface area contributed by atoms with Gasteiger partial charge in [-0.25, -0.2) is 4.79 Å². The van der Waals surface area contributed by atoms with Crippen molar-refractivity contribution in [2.24, 2.45) is 0 Å². The summed E-state index contributed by atoms with van der Waals surface area (Å²) in [5, 5.41) is 21.9. The molecular formula is C34H40O8. The third kappa shape index (κ3) is 8.77. The first-order chi connectivity index (χ1) is 20.2. The Hall–Kier alpha value is -3.95. The summed E-state index contributed by atoms with van der Waals surface area (Å²) >= 11 is 0. The monoisotopic (exact) mass is 576 g/mol. The van der Waals surface area contributed by atoms with Gasteiger partial charge in [0.25, 0.3) is 0 Å². The van der Waals surface area contributed by atoms with Crippen LogP contribution in [0.25, 0.3) is 21.9 Å². The minimum atomic E-state index is -1.12. The quantitative estimate of drug-likeness (QED) is 0.0993. The molecule has 0 aliphatic rings. The number of unbranched alkanes of at least 4 members (excludes halogenated alkanes) is 5. The van der Waals surface area contributed by atoms with Crippen LogP contribution in [-0.4, -0.2) is 47.8 Å². The van der Waals surface area contributed by atoms with Crippen molar-refractivity contribution in [3.05, 3.63) is 59.7 Å². The molecule has 3 aromatic rings. The zero-order chi connectivity index (χ0) is 30.5. The van der Waals surface area contributed by atoms with E-state index in [1.54, 1.807) is 26.0 Å². The molecule has 2 N–H and O–H groups in total. The van der Waals surface area contributed by atoms with Crippen molar-refractivity contribution in [2.45, 2.75) is 83.2 Å². The lowest BCUT2D eigenvalue weighted by Gasteiger charge is -2.32. The van der Waals surface area contributed by atoms with Crippen LogP contribution in [0.2, 0.25) is 0 Å². The minimum Gasteiger partial charge on any atom is -0.495 e. The highest BCUT2D eigenvalue weighted by Gasteiger charge is 2.32. The summed E-state index contributed by atoms with van der Waals surface area (Å²) in [4.78, 5) is 12.1. The lowest BCUT2D eigenvalue weighted by Crippen LogP contribution is -2.44. The number of hydrogen-bond donors (Lipinski definition) is 2. The van der Waals surface area contributed by atoms with Gasteiger partial charge in [-0.05, 0) is 56.7 Å². The summed E-state index contributed by atoms with van der Waals surface area (Å²) in [6.45, 7) is 8.94. The second kappa shape index (κ2) is 15.9. The molecule has 224 valence electrons. The summed E-state index contributed by atoms with van der Waals surface area (Å²) < 4.78 is 28.9. The Morgan fingerprint density at radius 2 is 1.76 bits per heavy atom. The molecule has 0 spiro atoms. The molecule has 0 amide bonds. The number of rotatable bonds is 15. The lowest BCUT2D eigenvalue weighted by atomic mass is 10.0. The molecule has 3 atom stereocenters. The van der Waals surface area contributed by atoms with E-state index in [4.69, 9.17) is 23.0 Å². The number of aliphatic hydroxyl groups excluding tert-OH is 2. The van der Waals surface area contributed by atoms with Gasteiger partial charge in [-0.3, -0.25) is 0 Å². The highest BCUT2D eigenvalue weighted by Crippen LogP contribution is 2.42. The molecule has 42 heavy (non-hydrogen) atoms. The van der Waals surface area contributed by atoms with Crippen LogP contribution in [0.3, 0.4) is 0 Å². The van der Waals surface area contributed by atoms with E-state index in [9.17, 15) is 15.0 Å². The van der Waals surface area contributed by atoms with Crippen molar-refractivity contribution in [1.29, 1.82) is 0 Å². The van der Waals surface area contributed by atoms with E-state index in [2.05, 4.69) is 37.2 Å². The number of ether oxygens (including phenoxy) is 3. The molecule has 2 heterocycles. The fraction of sp³-hybridized carbons (Fsp3) is 0.441. The molecule has 8 heteroatoms. The third-order valence-electron chi connectivity index (χ3n) is 6.73. The van der Waals surface area contributed by atoms with E-state index in [-0.39, 0.29) is 17.9 Å². The Bertz CT molecular complexity index is 1540. The third-order valence-corrected chi connectivity index (χ3v) is 6.73. The summed E-state index contributed by atoms with van der Waals surface area (Å²) in [6, 6.07) is 4.62. The largest absolute Gasteiger partial charge is 0.495 e. The summed E-state index contributed by atoms with van der Waals surface area (Å²) in [6.07, 6.45) is 10.7. The number of hydrogen-bond acceptors (Lipinski definition) is 8. The van der Waals surface area contributed by atoms with E-state index >= 15 is 0 Å². The maximum Gasteiger partial charge on any atom is 0.336 e. The molecule has 1 aromatic carbocycles. The van der Waals surface area contributed by atoms with Crippen molar-refractivity contribution in [3.63, 3.8) is 0 Å². The SMILES string of the molecule is C=CC(O)C#CC#CC(C=CCCCCCCC)OC(C)(C)C(O)COc1c2occc2c(OC)c2ccc(=O)oc12. The standard InChI is InChI=1S/C34H40O8/c1-6-8-9-10-11-12-13-17-25(18-15-14-16-24(35)7-2)42-34(3,4)28(36)23-40-33-31-27(21-22-39-31)30(38-5)26-19-20-29(37)41-32(26)33/h7,13,17,19-22,24-25,28,35-36H,2,6,8-12,23H2,1,3-5H3. The molecule has 0 aliphatic carbocycles. The maximum absolute atomic E-state index is 12.1. The average molecular weight is 577 g/mol. The van der Waals surface area contributed by atoms with Crippen LogP contribution >= 0.6 is 0 Å². The number of fused-ring (bicyclic) bond motifs is 2. The van der Waals surface area contributed by atoms with Crippen molar-refractivity contribution in [3.8, 4) is 35.2 Å². The molecule has 0 radical (unpaired) electrons. The zero-order valence-corrected chi connectivity index (χ0v) is 24.8. The fourth-order valence-corrected chi connectivity index (χ4v) is 4.27. The predicted octanol–water partition coefficient (Wildman–Crippen LogP) is 5.92. The number of benzene rings is 1. The van der Waals surface area contributed by atoms with Crippen LogP contribution in [0.15, 0.2) is 62.9 Å². The molecule has 0 saturated carbocycles. The average Bonchev–Trinajstić information content (AvgIpc) is 3.45. The van der Waals surface area contributed by atoms with E-state index in [1.165, 1.54) is 44.8 Å². The van der Waals surface area contributed by atoms with E-state index in [0.29, 0.717) is 22.1 Å². The normalized spacial score (nSPS) is 13.7. The van der Waals surface area contributed by atoms with Crippen molar-refractivity contribution in [2.75, 3.05) is 13.7 Å². The fourth-order valence-electron chi connectivity index (χ4n) is 4.27. The first-order valence-corrected chi connectivity index (χ1v) is 14.2. The van der Waals surface area contributed by atoms with Gasteiger partial charge in [0.05, 0.1) is 29.7 Å². The van der Waals surface area contributed by atoms with Crippen molar-refractivity contribution < 1.29 is 33.3 Å². The predicted molar refractivity (Wildman–Crippen MR) is 164 cm³/mol. The summed E-state index contributed by atoms with van der Waals surface area (Å²) in [5.41, 5.74) is -1.19. The van der Waals surface area contributed by atoms with Crippen LogP contribution in [0.5, 0.6) is 11.5 Å². The van der Waals surface area contributed by atoms with Gasteiger partial charge in [0.15, 0.2) is 11.2 Å². The van der Waals surface area contributed by atoms with Gasteiger partial charge in [0, 0.05) is 6.07 Å². The Kier molecular flexibility index (Phi) is 12.3. The van der Waals surface area contributed by atoms with Gasteiger partial charge in [-0.1, -0.05) is 63.2 Å².